The molecule has 0 saturated carbocycles. The highest BCUT2D eigenvalue weighted by molar-refractivity contribution is 9.09. The molecular weight excluding hydrogens is 544 g/mol. The largest absolute Gasteiger partial charge is 0.494 e. The van der Waals surface area contributed by atoms with Crippen LogP contribution in [-0.2, 0) is 0 Å². The van der Waals surface area contributed by atoms with Gasteiger partial charge in [0.05, 0.1) is 17.7 Å². The highest BCUT2D eigenvalue weighted by Crippen LogP contribution is 2.32. The molecule has 202 valence electrons. The van der Waals surface area contributed by atoms with Crippen molar-refractivity contribution in [3.8, 4) is 22.6 Å². The lowest BCUT2D eigenvalue weighted by Crippen LogP contribution is -2.10. The van der Waals surface area contributed by atoms with Gasteiger partial charge in [-0.3, -0.25) is 0 Å². The Morgan fingerprint density at radius 1 is 0.684 bits per heavy atom. The second-order valence-electron chi connectivity index (χ2n) is 9.37. The lowest BCUT2D eigenvalue weighted by molar-refractivity contribution is 0.0688. The molecule has 3 rings (SSSR count). The highest BCUT2D eigenvalue weighted by Gasteiger charge is 2.16. The summed E-state index contributed by atoms with van der Waals surface area (Å²) in [5.74, 6) is -0.724. The minimum Gasteiger partial charge on any atom is -0.494 e. The van der Waals surface area contributed by atoms with Crippen molar-refractivity contribution in [3.05, 3.63) is 83.9 Å². The SMILES string of the molecule is O=C(O)c1ccc(-c2ccccc2)c(OC(=O)c2ccc(OCCCCCCCCCCCCBr)cc2)c1. The maximum Gasteiger partial charge on any atom is 0.343 e. The molecule has 0 aromatic heterocycles. The van der Waals surface area contributed by atoms with Gasteiger partial charge in [0.25, 0.3) is 0 Å². The predicted octanol–water partition coefficient (Wildman–Crippen LogP) is 8.95. The number of carbonyl (C=O) groups is 2. The molecule has 0 amide bonds. The topological polar surface area (TPSA) is 72.8 Å². The molecule has 38 heavy (non-hydrogen) atoms. The first-order chi connectivity index (χ1) is 18.6. The molecule has 5 nitrogen and oxygen atoms in total. The number of carboxylic acid groups (broad SMARTS) is 1. The van der Waals surface area contributed by atoms with E-state index in [0.29, 0.717) is 23.5 Å². The number of unbranched alkanes of at least 4 members (excludes halogenated alkanes) is 9. The van der Waals surface area contributed by atoms with Crippen LogP contribution in [0.25, 0.3) is 11.1 Å². The second kappa shape index (κ2) is 16.7. The maximum atomic E-state index is 12.9. The monoisotopic (exact) mass is 580 g/mol. The first kappa shape index (κ1) is 29.4. The van der Waals surface area contributed by atoms with Crippen LogP contribution in [0.15, 0.2) is 72.8 Å². The molecular formula is C32H37BrO5. The summed E-state index contributed by atoms with van der Waals surface area (Å²) in [6.45, 7) is 0.652. The third-order valence-corrected chi connectivity index (χ3v) is 6.96. The normalized spacial score (nSPS) is 10.8. The Morgan fingerprint density at radius 2 is 1.26 bits per heavy atom. The maximum absolute atomic E-state index is 12.9. The molecule has 0 atom stereocenters. The zero-order chi connectivity index (χ0) is 27.0. The van der Waals surface area contributed by atoms with Crippen molar-refractivity contribution < 1.29 is 24.2 Å². The van der Waals surface area contributed by atoms with Crippen LogP contribution in [-0.4, -0.2) is 29.0 Å². The van der Waals surface area contributed by atoms with Gasteiger partial charge in [0.2, 0.25) is 0 Å². The van der Waals surface area contributed by atoms with E-state index < -0.39 is 11.9 Å². The van der Waals surface area contributed by atoms with E-state index in [-0.39, 0.29) is 11.3 Å². The zero-order valence-electron chi connectivity index (χ0n) is 21.9. The van der Waals surface area contributed by atoms with Crippen molar-refractivity contribution in [2.75, 3.05) is 11.9 Å². The van der Waals surface area contributed by atoms with Crippen LogP contribution in [0.4, 0.5) is 0 Å². The number of carboxylic acids is 1. The van der Waals surface area contributed by atoms with Gasteiger partial charge in [-0.25, -0.2) is 9.59 Å². The standard InChI is InChI=1S/C32H37BrO5/c33-22-12-7-5-3-1-2-4-6-8-13-23-37-28-19-16-26(17-20-28)32(36)38-30-24-27(31(34)35)18-21-29(30)25-14-10-9-11-15-25/h9-11,14-21,24H,1-8,12-13,22-23H2,(H,34,35). The Bertz CT molecular complexity index is 1130. The summed E-state index contributed by atoms with van der Waals surface area (Å²) in [6.07, 6.45) is 12.7. The van der Waals surface area contributed by atoms with E-state index in [1.807, 2.05) is 30.3 Å². The van der Waals surface area contributed by atoms with Crippen LogP contribution in [0.3, 0.4) is 0 Å². The summed E-state index contributed by atoms with van der Waals surface area (Å²) >= 11 is 3.48. The number of carbonyl (C=O) groups excluding carboxylic acids is 1. The Morgan fingerprint density at radius 3 is 1.87 bits per heavy atom. The van der Waals surface area contributed by atoms with Crippen LogP contribution in [0.5, 0.6) is 11.5 Å². The van der Waals surface area contributed by atoms with Crippen LogP contribution >= 0.6 is 15.9 Å². The average Bonchev–Trinajstić information content (AvgIpc) is 2.94. The third kappa shape index (κ3) is 9.97. The van der Waals surface area contributed by atoms with Crippen molar-refractivity contribution in [3.63, 3.8) is 0 Å². The average molecular weight is 582 g/mol. The minimum atomic E-state index is -1.08. The molecule has 0 saturated heterocycles. The first-order valence-electron chi connectivity index (χ1n) is 13.5. The van der Waals surface area contributed by atoms with Gasteiger partial charge in [-0.1, -0.05) is 97.6 Å². The van der Waals surface area contributed by atoms with Gasteiger partial charge in [-0.2, -0.15) is 0 Å². The van der Waals surface area contributed by atoms with Crippen LogP contribution in [0.1, 0.15) is 84.9 Å². The molecule has 0 aliphatic carbocycles. The minimum absolute atomic E-state index is 0.0529. The Labute approximate surface area is 234 Å². The van der Waals surface area contributed by atoms with Gasteiger partial charge in [-0.15, -0.1) is 0 Å². The molecule has 0 radical (unpaired) electrons. The number of ether oxygens (including phenoxy) is 2. The van der Waals surface area contributed by atoms with E-state index in [4.69, 9.17) is 9.47 Å². The summed E-state index contributed by atoms with van der Waals surface area (Å²) in [5, 5.41) is 10.5. The van der Waals surface area contributed by atoms with Gasteiger partial charge >= 0.3 is 11.9 Å². The smallest absolute Gasteiger partial charge is 0.343 e. The Hall–Kier alpha value is -3.12. The van der Waals surface area contributed by atoms with Gasteiger partial charge in [0.15, 0.2) is 0 Å². The van der Waals surface area contributed by atoms with Crippen molar-refractivity contribution in [1.82, 2.24) is 0 Å². The van der Waals surface area contributed by atoms with Gasteiger partial charge in [0, 0.05) is 10.9 Å². The first-order valence-corrected chi connectivity index (χ1v) is 14.6. The van der Waals surface area contributed by atoms with E-state index in [9.17, 15) is 14.7 Å². The number of hydrogen-bond acceptors (Lipinski definition) is 4. The van der Waals surface area contributed by atoms with Gasteiger partial charge in [-0.05, 0) is 60.9 Å². The highest BCUT2D eigenvalue weighted by atomic mass is 79.9. The summed E-state index contributed by atoms with van der Waals surface area (Å²) < 4.78 is 11.5. The fourth-order valence-corrected chi connectivity index (χ4v) is 4.64. The number of hydrogen-bond donors (Lipinski definition) is 1. The number of alkyl halides is 1. The number of aromatic carboxylic acids is 1. The summed E-state index contributed by atoms with van der Waals surface area (Å²) in [5.41, 5.74) is 1.90. The molecule has 0 spiro atoms. The molecule has 0 unspecified atom stereocenters. The summed E-state index contributed by atoms with van der Waals surface area (Å²) in [4.78, 5) is 24.3. The molecule has 1 N–H and O–H groups in total. The van der Waals surface area contributed by atoms with E-state index in [1.54, 1.807) is 30.3 Å². The molecule has 3 aromatic rings. The lowest BCUT2D eigenvalue weighted by atomic mass is 10.0. The molecule has 0 aliphatic heterocycles. The quantitative estimate of drug-likeness (QED) is 0.0746. The molecule has 6 heteroatoms. The van der Waals surface area contributed by atoms with Crippen molar-refractivity contribution in [1.29, 1.82) is 0 Å². The van der Waals surface area contributed by atoms with E-state index in [1.165, 1.54) is 63.5 Å². The van der Waals surface area contributed by atoms with Crippen molar-refractivity contribution >= 4 is 27.9 Å². The fraction of sp³-hybridized carbons (Fsp3) is 0.375. The number of halogens is 1. The number of benzene rings is 3. The lowest BCUT2D eigenvalue weighted by Gasteiger charge is -2.12. The van der Waals surface area contributed by atoms with E-state index >= 15 is 0 Å². The Kier molecular flexibility index (Phi) is 12.9. The van der Waals surface area contributed by atoms with Crippen LogP contribution in [0, 0.1) is 0 Å². The Balaban J connectivity index is 1.43. The van der Waals surface area contributed by atoms with Crippen molar-refractivity contribution in [2.45, 2.75) is 64.2 Å². The van der Waals surface area contributed by atoms with Gasteiger partial charge < -0.3 is 14.6 Å². The van der Waals surface area contributed by atoms with E-state index in [2.05, 4.69) is 15.9 Å². The summed E-state index contributed by atoms with van der Waals surface area (Å²) in [7, 11) is 0. The second-order valence-corrected chi connectivity index (χ2v) is 10.2. The molecule has 0 bridgehead atoms. The molecule has 0 aliphatic rings. The molecule has 0 heterocycles. The molecule has 0 fully saturated rings. The number of rotatable bonds is 17. The third-order valence-electron chi connectivity index (χ3n) is 6.40. The van der Waals surface area contributed by atoms with Crippen molar-refractivity contribution in [2.24, 2.45) is 0 Å². The van der Waals surface area contributed by atoms with Crippen LogP contribution in [0.2, 0.25) is 0 Å². The fourth-order valence-electron chi connectivity index (χ4n) is 4.24. The zero-order valence-corrected chi connectivity index (χ0v) is 23.5. The molecule has 3 aromatic carbocycles. The van der Waals surface area contributed by atoms with E-state index in [0.717, 1.165) is 23.7 Å². The summed E-state index contributed by atoms with van der Waals surface area (Å²) in [6, 6.07) is 20.8. The van der Waals surface area contributed by atoms with Gasteiger partial charge in [0.1, 0.15) is 11.5 Å². The number of esters is 1. The predicted molar refractivity (Wildman–Crippen MR) is 156 cm³/mol. The van der Waals surface area contributed by atoms with Crippen LogP contribution < -0.4 is 9.47 Å².